The highest BCUT2D eigenvalue weighted by molar-refractivity contribution is 8.26. The Bertz CT molecular complexity index is 1130. The lowest BCUT2D eigenvalue weighted by molar-refractivity contribution is -0.122. The Labute approximate surface area is 190 Å². The quantitative estimate of drug-likeness (QED) is 0.362. The van der Waals surface area contributed by atoms with Gasteiger partial charge in [-0.1, -0.05) is 43.7 Å². The predicted molar refractivity (Wildman–Crippen MR) is 127 cm³/mol. The van der Waals surface area contributed by atoms with Gasteiger partial charge < -0.3 is 9.73 Å². The minimum Gasteiger partial charge on any atom is -0.467 e. The van der Waals surface area contributed by atoms with Crippen molar-refractivity contribution in [3.8, 4) is 6.07 Å². The molecular formula is C22H24N4O3S2. The van der Waals surface area contributed by atoms with Crippen molar-refractivity contribution in [1.82, 2.24) is 9.47 Å². The van der Waals surface area contributed by atoms with Gasteiger partial charge >= 0.3 is 0 Å². The second kappa shape index (κ2) is 9.98. The van der Waals surface area contributed by atoms with Crippen molar-refractivity contribution < 1.29 is 9.21 Å². The lowest BCUT2D eigenvalue weighted by Crippen LogP contribution is -2.29. The van der Waals surface area contributed by atoms with Crippen LogP contribution in [0.3, 0.4) is 0 Å². The number of amides is 1. The zero-order valence-corrected chi connectivity index (χ0v) is 19.4. The van der Waals surface area contributed by atoms with Gasteiger partial charge in [0.05, 0.1) is 17.7 Å². The number of nitrogens with one attached hydrogen (secondary N) is 1. The highest BCUT2D eigenvalue weighted by Crippen LogP contribution is 2.35. The van der Waals surface area contributed by atoms with E-state index in [4.69, 9.17) is 16.6 Å². The summed E-state index contributed by atoms with van der Waals surface area (Å²) >= 11 is 6.66. The first-order valence-corrected chi connectivity index (χ1v) is 11.3. The third kappa shape index (κ3) is 4.75. The maximum absolute atomic E-state index is 13.0. The molecular weight excluding hydrogens is 432 g/mol. The number of nitriles is 1. The van der Waals surface area contributed by atoms with Crippen LogP contribution >= 0.6 is 24.0 Å². The first-order chi connectivity index (χ1) is 14.9. The molecule has 1 fully saturated rings. The number of anilines is 1. The van der Waals surface area contributed by atoms with E-state index in [0.29, 0.717) is 45.0 Å². The molecule has 9 heteroatoms. The third-order valence-corrected chi connectivity index (χ3v) is 6.52. The Balaban J connectivity index is 2.02. The highest BCUT2D eigenvalue weighted by atomic mass is 32.2. The number of carbonyl (C=O) groups excluding carboxylic acids is 1. The van der Waals surface area contributed by atoms with E-state index >= 15 is 0 Å². The Morgan fingerprint density at radius 1 is 1.35 bits per heavy atom. The zero-order valence-electron chi connectivity index (χ0n) is 17.7. The summed E-state index contributed by atoms with van der Waals surface area (Å²) in [6.07, 6.45) is 6.28. The molecule has 0 aromatic carbocycles. The molecule has 1 N–H and O–H groups in total. The molecule has 3 heterocycles. The second-order valence-corrected chi connectivity index (χ2v) is 8.89. The average molecular weight is 457 g/mol. The molecule has 162 valence electrons. The number of unbranched alkanes of at least 4 members (excludes halogenated alkanes) is 2. The Kier molecular flexibility index (Phi) is 7.36. The number of carbonyl (C=O) groups is 1. The molecule has 1 saturated heterocycles. The van der Waals surface area contributed by atoms with Gasteiger partial charge in [0.2, 0.25) is 0 Å². The van der Waals surface area contributed by atoms with Crippen molar-refractivity contribution in [3.05, 3.63) is 56.1 Å². The summed E-state index contributed by atoms with van der Waals surface area (Å²) in [5.41, 5.74) is 0.782. The predicted octanol–water partition coefficient (Wildman–Crippen LogP) is 4.16. The minimum absolute atomic E-state index is 0.0516. The minimum atomic E-state index is -0.397. The van der Waals surface area contributed by atoms with Gasteiger partial charge in [-0.2, -0.15) is 5.26 Å². The van der Waals surface area contributed by atoms with Gasteiger partial charge in [0, 0.05) is 19.2 Å². The Morgan fingerprint density at radius 2 is 2.13 bits per heavy atom. The number of thiocarbonyl (C=S) groups is 1. The van der Waals surface area contributed by atoms with Gasteiger partial charge in [0.25, 0.3) is 11.5 Å². The topological polar surface area (TPSA) is 91.3 Å². The summed E-state index contributed by atoms with van der Waals surface area (Å²) in [4.78, 5) is 27.7. The normalized spacial score (nSPS) is 15.0. The van der Waals surface area contributed by atoms with Crippen LogP contribution in [-0.4, -0.2) is 26.2 Å². The second-order valence-electron chi connectivity index (χ2n) is 7.21. The molecule has 0 bridgehead atoms. The van der Waals surface area contributed by atoms with Crippen molar-refractivity contribution in [1.29, 1.82) is 5.26 Å². The summed E-state index contributed by atoms with van der Waals surface area (Å²) in [6, 6.07) is 5.60. The van der Waals surface area contributed by atoms with Crippen molar-refractivity contribution in [3.63, 3.8) is 0 Å². The van der Waals surface area contributed by atoms with Crippen LogP contribution in [0.5, 0.6) is 0 Å². The fourth-order valence-corrected chi connectivity index (χ4v) is 4.66. The number of pyridine rings is 1. The van der Waals surface area contributed by atoms with E-state index in [1.54, 1.807) is 37.3 Å². The van der Waals surface area contributed by atoms with Crippen molar-refractivity contribution in [2.75, 3.05) is 11.9 Å². The summed E-state index contributed by atoms with van der Waals surface area (Å²) in [5, 5.41) is 12.7. The molecule has 1 amide bonds. The molecule has 0 aliphatic carbocycles. The molecule has 2 aromatic heterocycles. The number of rotatable bonds is 8. The maximum atomic E-state index is 13.0. The van der Waals surface area contributed by atoms with Gasteiger partial charge in [0.1, 0.15) is 27.5 Å². The average Bonchev–Trinajstić information content (AvgIpc) is 3.36. The molecule has 0 unspecified atom stereocenters. The van der Waals surface area contributed by atoms with Gasteiger partial charge in [0.15, 0.2) is 0 Å². The largest absolute Gasteiger partial charge is 0.467 e. The number of hydrogen-bond donors (Lipinski definition) is 1. The lowest BCUT2D eigenvalue weighted by atomic mass is 10.0. The van der Waals surface area contributed by atoms with E-state index in [0.717, 1.165) is 19.3 Å². The van der Waals surface area contributed by atoms with Crippen molar-refractivity contribution in [2.24, 2.45) is 7.05 Å². The molecule has 0 saturated carbocycles. The van der Waals surface area contributed by atoms with Gasteiger partial charge in [-0.05, 0) is 37.1 Å². The van der Waals surface area contributed by atoms with Crippen LogP contribution in [0.15, 0.2) is 32.5 Å². The number of aromatic nitrogens is 1. The van der Waals surface area contributed by atoms with Crippen LogP contribution < -0.4 is 10.9 Å². The fraction of sp³-hybridized carbons (Fsp3) is 0.364. The molecule has 3 rings (SSSR count). The van der Waals surface area contributed by atoms with E-state index in [1.807, 2.05) is 12.1 Å². The van der Waals surface area contributed by atoms with Gasteiger partial charge in [-0.3, -0.25) is 19.1 Å². The smallest absolute Gasteiger partial charge is 0.270 e. The SMILES string of the molecule is CCCCCN1C(=O)/C(=C/c2c(C)c(C#N)c(=O)n(C)c2NCc2ccco2)SC1=S. The third-order valence-electron chi connectivity index (χ3n) is 5.14. The molecule has 1 aliphatic rings. The molecule has 1 aliphatic heterocycles. The van der Waals surface area contributed by atoms with Crippen LogP contribution in [0.4, 0.5) is 5.82 Å². The van der Waals surface area contributed by atoms with E-state index in [9.17, 15) is 14.9 Å². The van der Waals surface area contributed by atoms with Crippen molar-refractivity contribution >= 4 is 46.1 Å². The lowest BCUT2D eigenvalue weighted by Gasteiger charge is -2.17. The Morgan fingerprint density at radius 3 is 2.77 bits per heavy atom. The summed E-state index contributed by atoms with van der Waals surface area (Å²) < 4.78 is 7.29. The molecule has 0 spiro atoms. The Hall–Kier alpha value is -2.83. The first kappa shape index (κ1) is 22.8. The van der Waals surface area contributed by atoms with E-state index in [2.05, 4.69) is 12.2 Å². The van der Waals surface area contributed by atoms with Crippen molar-refractivity contribution in [2.45, 2.75) is 39.7 Å². The van der Waals surface area contributed by atoms with Gasteiger partial charge in [-0.25, -0.2) is 0 Å². The molecule has 31 heavy (non-hydrogen) atoms. The highest BCUT2D eigenvalue weighted by Gasteiger charge is 2.32. The van der Waals surface area contributed by atoms with Crippen LogP contribution in [0, 0.1) is 18.3 Å². The van der Waals surface area contributed by atoms with E-state index in [1.165, 1.54) is 16.3 Å². The molecule has 0 atom stereocenters. The monoisotopic (exact) mass is 456 g/mol. The first-order valence-electron chi connectivity index (χ1n) is 10.0. The van der Waals surface area contributed by atoms with Crippen LogP contribution in [0.2, 0.25) is 0 Å². The fourth-order valence-electron chi connectivity index (χ4n) is 3.37. The molecule has 0 radical (unpaired) electrons. The van der Waals surface area contributed by atoms with E-state index in [-0.39, 0.29) is 11.5 Å². The summed E-state index contributed by atoms with van der Waals surface area (Å²) in [6.45, 7) is 4.77. The van der Waals surface area contributed by atoms with Crippen LogP contribution in [-0.2, 0) is 18.4 Å². The standard InChI is InChI=1S/C22H24N4O3S2/c1-4-5-6-9-26-21(28)18(31-22(26)30)11-16-14(2)17(12-23)20(27)25(3)19(16)24-13-15-8-7-10-29-15/h7-8,10-11,24H,4-6,9,13H2,1-3H3/b18-11-. The van der Waals surface area contributed by atoms with Crippen LogP contribution in [0.1, 0.15) is 48.6 Å². The van der Waals surface area contributed by atoms with Gasteiger partial charge in [-0.15, -0.1) is 0 Å². The maximum Gasteiger partial charge on any atom is 0.270 e. The number of thioether (sulfide) groups is 1. The molecule has 7 nitrogen and oxygen atoms in total. The summed E-state index contributed by atoms with van der Waals surface area (Å²) in [7, 11) is 1.60. The van der Waals surface area contributed by atoms with E-state index < -0.39 is 5.56 Å². The number of furan rings is 1. The number of hydrogen-bond acceptors (Lipinski definition) is 7. The number of nitrogens with zero attached hydrogens (tertiary/aromatic N) is 3. The van der Waals surface area contributed by atoms with Crippen LogP contribution in [0.25, 0.3) is 6.08 Å². The zero-order chi connectivity index (χ0) is 22.5. The summed E-state index contributed by atoms with van der Waals surface area (Å²) in [5.74, 6) is 1.06. The molecule has 2 aromatic rings.